The van der Waals surface area contributed by atoms with E-state index in [4.69, 9.17) is 9.57 Å². The summed E-state index contributed by atoms with van der Waals surface area (Å²) in [6.07, 6.45) is 3.59. The van der Waals surface area contributed by atoms with Gasteiger partial charge in [-0.15, -0.1) is 11.8 Å². The van der Waals surface area contributed by atoms with Crippen molar-refractivity contribution in [3.63, 3.8) is 0 Å². The molecule has 0 radical (unpaired) electrons. The molecule has 0 saturated carbocycles. The molecule has 0 aliphatic rings. The zero-order chi connectivity index (χ0) is 18.1. The molecule has 2 rings (SSSR count). The van der Waals surface area contributed by atoms with Crippen LogP contribution in [0.2, 0.25) is 0 Å². The van der Waals surface area contributed by atoms with Crippen LogP contribution in [-0.4, -0.2) is 31.1 Å². The van der Waals surface area contributed by atoms with Crippen LogP contribution in [0.5, 0.6) is 5.75 Å². The summed E-state index contributed by atoms with van der Waals surface area (Å²) in [5.41, 5.74) is 1.53. The highest BCUT2D eigenvalue weighted by atomic mass is 32.2. The molecule has 0 atom stereocenters. The number of nitrogens with one attached hydrogen (secondary N) is 1. The second-order valence-electron chi connectivity index (χ2n) is 5.49. The summed E-state index contributed by atoms with van der Waals surface area (Å²) < 4.78 is 5.70. The van der Waals surface area contributed by atoms with Gasteiger partial charge in [0.25, 0.3) is 5.91 Å². The second kappa shape index (κ2) is 9.74. The van der Waals surface area contributed by atoms with Crippen molar-refractivity contribution in [2.24, 2.45) is 5.16 Å². The van der Waals surface area contributed by atoms with Crippen molar-refractivity contribution in [3.8, 4) is 5.75 Å². The highest BCUT2D eigenvalue weighted by Crippen LogP contribution is 2.19. The zero-order valence-electron chi connectivity index (χ0n) is 14.6. The molecule has 132 valence electrons. The van der Waals surface area contributed by atoms with E-state index in [1.807, 2.05) is 68.6 Å². The Kier molecular flexibility index (Phi) is 7.35. The number of rotatable bonds is 8. The van der Waals surface area contributed by atoms with E-state index in [0.29, 0.717) is 0 Å². The van der Waals surface area contributed by atoms with Crippen molar-refractivity contribution >= 4 is 29.6 Å². The summed E-state index contributed by atoms with van der Waals surface area (Å²) in [5.74, 6) is 0.463. The van der Waals surface area contributed by atoms with E-state index in [0.717, 1.165) is 21.9 Å². The van der Waals surface area contributed by atoms with Gasteiger partial charge in [-0.05, 0) is 50.4 Å². The summed E-state index contributed by atoms with van der Waals surface area (Å²) >= 11 is 1.62. The average Bonchev–Trinajstić information content (AvgIpc) is 2.59. The van der Waals surface area contributed by atoms with Gasteiger partial charge in [-0.25, -0.2) is 0 Å². The van der Waals surface area contributed by atoms with Crippen molar-refractivity contribution in [3.05, 3.63) is 54.1 Å². The molecule has 0 fully saturated rings. The van der Waals surface area contributed by atoms with Gasteiger partial charge >= 0.3 is 0 Å². The number of carbonyl (C=O) groups is 1. The number of nitrogens with zero attached hydrogens (tertiary/aromatic N) is 1. The smallest absolute Gasteiger partial charge is 0.265 e. The molecule has 0 unspecified atom stereocenters. The van der Waals surface area contributed by atoms with Gasteiger partial charge in [0.1, 0.15) is 5.75 Å². The molecule has 2 aromatic carbocycles. The van der Waals surface area contributed by atoms with Crippen molar-refractivity contribution in [2.75, 3.05) is 18.2 Å². The fourth-order valence-electron chi connectivity index (χ4n) is 2.04. The third-order valence-electron chi connectivity index (χ3n) is 3.10. The Morgan fingerprint density at radius 1 is 1.24 bits per heavy atom. The highest BCUT2D eigenvalue weighted by molar-refractivity contribution is 7.98. The lowest BCUT2D eigenvalue weighted by atomic mass is 10.2. The number of benzene rings is 2. The van der Waals surface area contributed by atoms with Crippen LogP contribution in [-0.2, 0) is 9.63 Å². The van der Waals surface area contributed by atoms with Crippen LogP contribution < -0.4 is 10.1 Å². The van der Waals surface area contributed by atoms with E-state index in [2.05, 4.69) is 10.5 Å². The summed E-state index contributed by atoms with van der Waals surface area (Å²) in [7, 11) is 0. The maximum Gasteiger partial charge on any atom is 0.265 e. The Morgan fingerprint density at radius 3 is 2.80 bits per heavy atom. The predicted octanol–water partition coefficient (Wildman–Crippen LogP) is 4.18. The van der Waals surface area contributed by atoms with Gasteiger partial charge in [0.2, 0.25) is 0 Å². The molecule has 6 heteroatoms. The molecule has 0 aromatic heterocycles. The van der Waals surface area contributed by atoms with Crippen molar-refractivity contribution in [1.29, 1.82) is 0 Å². The quantitative estimate of drug-likeness (QED) is 0.437. The molecule has 25 heavy (non-hydrogen) atoms. The van der Waals surface area contributed by atoms with E-state index >= 15 is 0 Å². The van der Waals surface area contributed by atoms with Gasteiger partial charge in [-0.2, -0.15) is 0 Å². The number of thioether (sulfide) groups is 1. The Balaban J connectivity index is 1.85. The lowest BCUT2D eigenvalue weighted by molar-refractivity contribution is -0.120. The van der Waals surface area contributed by atoms with Gasteiger partial charge in [0, 0.05) is 16.1 Å². The summed E-state index contributed by atoms with van der Waals surface area (Å²) in [6, 6.07) is 15.1. The number of hydrogen-bond acceptors (Lipinski definition) is 5. The van der Waals surface area contributed by atoms with E-state index < -0.39 is 0 Å². The molecule has 0 heterocycles. The van der Waals surface area contributed by atoms with Gasteiger partial charge in [-0.1, -0.05) is 23.4 Å². The Bertz CT molecular complexity index is 732. The average molecular weight is 358 g/mol. The normalized spacial score (nSPS) is 10.9. The van der Waals surface area contributed by atoms with E-state index in [1.165, 1.54) is 0 Å². The van der Waals surface area contributed by atoms with E-state index in [1.54, 1.807) is 18.0 Å². The summed E-state index contributed by atoms with van der Waals surface area (Å²) in [5, 5.41) is 6.63. The van der Waals surface area contributed by atoms with Gasteiger partial charge in [0.05, 0.1) is 12.3 Å². The molecule has 2 aromatic rings. The van der Waals surface area contributed by atoms with Crippen molar-refractivity contribution < 1.29 is 14.4 Å². The second-order valence-corrected chi connectivity index (χ2v) is 6.37. The van der Waals surface area contributed by atoms with Crippen LogP contribution in [0.1, 0.15) is 19.4 Å². The van der Waals surface area contributed by atoms with Crippen molar-refractivity contribution in [2.45, 2.75) is 24.8 Å². The van der Waals surface area contributed by atoms with Crippen LogP contribution in [0.25, 0.3) is 0 Å². The van der Waals surface area contributed by atoms with Crippen LogP contribution in [0.4, 0.5) is 5.69 Å². The van der Waals surface area contributed by atoms with Gasteiger partial charge in [-0.3, -0.25) is 4.79 Å². The number of oxime groups is 1. The number of amides is 1. The van der Waals surface area contributed by atoms with Gasteiger partial charge in [0.15, 0.2) is 6.61 Å². The molecule has 0 saturated heterocycles. The van der Waals surface area contributed by atoms with E-state index in [9.17, 15) is 4.79 Å². The number of hydrogen-bond donors (Lipinski definition) is 1. The minimum absolute atomic E-state index is 0.0679. The Hall–Kier alpha value is -2.47. The predicted molar refractivity (Wildman–Crippen MR) is 103 cm³/mol. The minimum atomic E-state index is -0.262. The molecule has 1 amide bonds. The standard InChI is InChI=1S/C19H22N2O3S/c1-14(2)24-18-10-5-4-7-15(18)12-20-23-13-19(22)21-16-8-6-9-17(11-16)25-3/h4-12,14H,13H2,1-3H3,(H,21,22)/b20-12+. The Labute approximate surface area is 152 Å². The molecule has 0 aliphatic heterocycles. The lowest BCUT2D eigenvalue weighted by Gasteiger charge is -2.11. The summed E-state index contributed by atoms with van der Waals surface area (Å²) in [4.78, 5) is 18.1. The van der Waals surface area contributed by atoms with E-state index in [-0.39, 0.29) is 18.6 Å². The number of anilines is 1. The molecular formula is C19H22N2O3S. The first-order valence-corrected chi connectivity index (χ1v) is 9.16. The largest absolute Gasteiger partial charge is 0.490 e. The maximum absolute atomic E-state index is 11.9. The molecular weight excluding hydrogens is 336 g/mol. The van der Waals surface area contributed by atoms with Crippen LogP contribution >= 0.6 is 11.8 Å². The third kappa shape index (κ3) is 6.51. The highest BCUT2D eigenvalue weighted by Gasteiger charge is 2.05. The first kappa shape index (κ1) is 18.9. The fourth-order valence-corrected chi connectivity index (χ4v) is 2.50. The molecule has 1 N–H and O–H groups in total. The third-order valence-corrected chi connectivity index (χ3v) is 3.82. The molecule has 5 nitrogen and oxygen atoms in total. The van der Waals surface area contributed by atoms with Crippen LogP contribution in [0.15, 0.2) is 58.6 Å². The number of para-hydroxylation sites is 1. The monoisotopic (exact) mass is 358 g/mol. The maximum atomic E-state index is 11.9. The zero-order valence-corrected chi connectivity index (χ0v) is 15.4. The number of carbonyl (C=O) groups excluding carboxylic acids is 1. The topological polar surface area (TPSA) is 59.9 Å². The SMILES string of the molecule is CSc1cccc(NC(=O)CO/N=C/c2ccccc2OC(C)C)c1. The summed E-state index contributed by atoms with van der Waals surface area (Å²) in [6.45, 7) is 3.76. The lowest BCUT2D eigenvalue weighted by Crippen LogP contribution is -2.17. The Morgan fingerprint density at radius 2 is 2.04 bits per heavy atom. The first-order chi connectivity index (χ1) is 12.1. The van der Waals surface area contributed by atoms with Crippen LogP contribution in [0, 0.1) is 0 Å². The molecule has 0 bridgehead atoms. The molecule has 0 aliphatic carbocycles. The molecule has 0 spiro atoms. The van der Waals surface area contributed by atoms with Gasteiger partial charge < -0.3 is 14.9 Å². The number of ether oxygens (including phenoxy) is 1. The first-order valence-electron chi connectivity index (χ1n) is 7.93. The fraction of sp³-hybridized carbons (Fsp3) is 0.263. The van der Waals surface area contributed by atoms with Crippen molar-refractivity contribution in [1.82, 2.24) is 0 Å². The minimum Gasteiger partial charge on any atom is -0.490 e. The van der Waals surface area contributed by atoms with Crippen LogP contribution in [0.3, 0.4) is 0 Å².